The summed E-state index contributed by atoms with van der Waals surface area (Å²) in [4.78, 5) is 11.6. The van der Waals surface area contributed by atoms with Crippen molar-refractivity contribution < 1.29 is 19.4 Å². The van der Waals surface area contributed by atoms with Gasteiger partial charge in [-0.25, -0.2) is 0 Å². The van der Waals surface area contributed by atoms with Crippen molar-refractivity contribution in [2.45, 2.75) is 25.4 Å². The number of hydrogen-bond acceptors (Lipinski definition) is 4. The molecule has 110 valence electrons. The summed E-state index contributed by atoms with van der Waals surface area (Å²) in [5, 5.41) is 12.4. The van der Waals surface area contributed by atoms with Crippen LogP contribution in [0.4, 0.5) is 0 Å². The summed E-state index contributed by atoms with van der Waals surface area (Å²) in [6.45, 7) is 0.449. The van der Waals surface area contributed by atoms with E-state index in [4.69, 9.17) is 9.47 Å². The Balaban J connectivity index is 1.63. The van der Waals surface area contributed by atoms with Crippen LogP contribution in [0.2, 0.25) is 0 Å². The molecule has 1 saturated carbocycles. The normalized spacial score (nSPS) is 15.5. The molecule has 1 aliphatic rings. The number of hydrogen-bond donors (Lipinski definition) is 2. The van der Waals surface area contributed by atoms with Crippen LogP contribution in [0.15, 0.2) is 24.3 Å². The quantitative estimate of drug-likeness (QED) is 0.754. The second kappa shape index (κ2) is 7.14. The second-order valence-corrected chi connectivity index (χ2v) is 5.01. The average molecular weight is 279 g/mol. The van der Waals surface area contributed by atoms with Gasteiger partial charge in [-0.05, 0) is 37.3 Å². The molecule has 20 heavy (non-hydrogen) atoms. The molecule has 0 radical (unpaired) electrons. The SMILES string of the molecule is COc1cccc(OCC(=O)NCCC(O)C2CC2)c1. The zero-order valence-corrected chi connectivity index (χ0v) is 11.7. The Bertz CT molecular complexity index is 445. The van der Waals surface area contributed by atoms with Crippen LogP contribution in [0.3, 0.4) is 0 Å². The predicted molar refractivity (Wildman–Crippen MR) is 74.8 cm³/mol. The van der Waals surface area contributed by atoms with Crippen LogP contribution in [-0.4, -0.2) is 37.4 Å². The van der Waals surface area contributed by atoms with Gasteiger partial charge < -0.3 is 19.9 Å². The molecule has 5 heteroatoms. The minimum atomic E-state index is -0.283. The third-order valence-corrected chi connectivity index (χ3v) is 3.34. The van der Waals surface area contributed by atoms with Gasteiger partial charge >= 0.3 is 0 Å². The summed E-state index contributed by atoms with van der Waals surface area (Å²) in [7, 11) is 1.58. The van der Waals surface area contributed by atoms with E-state index in [1.807, 2.05) is 6.07 Å². The molecule has 1 amide bonds. The first-order valence-corrected chi connectivity index (χ1v) is 6.90. The molecule has 1 aromatic rings. The molecule has 1 atom stereocenters. The molecule has 1 aromatic carbocycles. The van der Waals surface area contributed by atoms with E-state index in [-0.39, 0.29) is 18.6 Å². The van der Waals surface area contributed by atoms with E-state index >= 15 is 0 Å². The number of amides is 1. The van der Waals surface area contributed by atoms with Crippen molar-refractivity contribution >= 4 is 5.91 Å². The highest BCUT2D eigenvalue weighted by atomic mass is 16.5. The van der Waals surface area contributed by atoms with Gasteiger partial charge in [-0.15, -0.1) is 0 Å². The van der Waals surface area contributed by atoms with Crippen molar-refractivity contribution in [3.05, 3.63) is 24.3 Å². The largest absolute Gasteiger partial charge is 0.497 e. The van der Waals surface area contributed by atoms with Crippen LogP contribution in [-0.2, 0) is 4.79 Å². The van der Waals surface area contributed by atoms with Gasteiger partial charge in [0.1, 0.15) is 11.5 Å². The summed E-state index contributed by atoms with van der Waals surface area (Å²) in [6.07, 6.45) is 2.53. The molecule has 1 aliphatic carbocycles. The maximum atomic E-state index is 11.6. The molecule has 0 aromatic heterocycles. The molecule has 2 N–H and O–H groups in total. The van der Waals surface area contributed by atoms with E-state index in [1.165, 1.54) is 0 Å². The van der Waals surface area contributed by atoms with Crippen LogP contribution in [0.5, 0.6) is 11.5 Å². The van der Waals surface area contributed by atoms with Crippen molar-refractivity contribution in [1.82, 2.24) is 5.32 Å². The fraction of sp³-hybridized carbons (Fsp3) is 0.533. The number of nitrogens with one attached hydrogen (secondary N) is 1. The number of carbonyl (C=O) groups is 1. The van der Waals surface area contributed by atoms with Crippen molar-refractivity contribution in [1.29, 1.82) is 0 Å². The first-order chi connectivity index (χ1) is 9.69. The smallest absolute Gasteiger partial charge is 0.257 e. The molecule has 0 bridgehead atoms. The number of rotatable bonds is 8. The lowest BCUT2D eigenvalue weighted by molar-refractivity contribution is -0.123. The van der Waals surface area contributed by atoms with Crippen molar-refractivity contribution in [3.63, 3.8) is 0 Å². The standard InChI is InChI=1S/C15H21NO4/c1-19-12-3-2-4-13(9-12)20-10-15(18)16-8-7-14(17)11-5-6-11/h2-4,9,11,14,17H,5-8,10H2,1H3,(H,16,18). The monoisotopic (exact) mass is 279 g/mol. The lowest BCUT2D eigenvalue weighted by Crippen LogP contribution is -2.31. The summed E-state index contributed by atoms with van der Waals surface area (Å²) in [6, 6.07) is 7.11. The maximum absolute atomic E-state index is 11.6. The first kappa shape index (κ1) is 14.7. The Morgan fingerprint density at radius 2 is 2.20 bits per heavy atom. The summed E-state index contributed by atoms with van der Waals surface area (Å²) in [5.74, 6) is 1.55. The third kappa shape index (κ3) is 4.74. The molecule has 2 rings (SSSR count). The minimum Gasteiger partial charge on any atom is -0.497 e. The fourth-order valence-electron chi connectivity index (χ4n) is 1.97. The molecule has 5 nitrogen and oxygen atoms in total. The summed E-state index contributed by atoms with van der Waals surface area (Å²) in [5.41, 5.74) is 0. The Morgan fingerprint density at radius 3 is 2.90 bits per heavy atom. The first-order valence-electron chi connectivity index (χ1n) is 6.90. The fourth-order valence-corrected chi connectivity index (χ4v) is 1.97. The van der Waals surface area contributed by atoms with Crippen molar-refractivity contribution in [3.8, 4) is 11.5 Å². The summed E-state index contributed by atoms with van der Waals surface area (Å²) < 4.78 is 10.4. The highest BCUT2D eigenvalue weighted by Gasteiger charge is 2.29. The predicted octanol–water partition coefficient (Wildman–Crippen LogP) is 1.35. The Kier molecular flexibility index (Phi) is 5.24. The van der Waals surface area contributed by atoms with E-state index < -0.39 is 0 Å². The van der Waals surface area contributed by atoms with E-state index in [1.54, 1.807) is 25.3 Å². The van der Waals surface area contributed by atoms with E-state index in [0.717, 1.165) is 12.8 Å². The van der Waals surface area contributed by atoms with Crippen molar-refractivity contribution in [2.24, 2.45) is 5.92 Å². The van der Waals surface area contributed by atoms with Crippen LogP contribution in [0, 0.1) is 5.92 Å². The minimum absolute atomic E-state index is 0.0350. The number of carbonyl (C=O) groups excluding carboxylic acids is 1. The topological polar surface area (TPSA) is 67.8 Å². The molecule has 0 heterocycles. The zero-order valence-electron chi connectivity index (χ0n) is 11.7. The number of benzene rings is 1. The molecule has 0 spiro atoms. The van der Waals surface area contributed by atoms with Crippen LogP contribution < -0.4 is 14.8 Å². The van der Waals surface area contributed by atoms with Gasteiger partial charge in [0.15, 0.2) is 6.61 Å². The molecule has 1 unspecified atom stereocenters. The molecule has 1 fully saturated rings. The van der Waals surface area contributed by atoms with Gasteiger partial charge in [0.05, 0.1) is 13.2 Å². The van der Waals surface area contributed by atoms with Crippen LogP contribution >= 0.6 is 0 Å². The van der Waals surface area contributed by atoms with Gasteiger partial charge in [0, 0.05) is 12.6 Å². The molecule has 0 aliphatic heterocycles. The van der Waals surface area contributed by atoms with Gasteiger partial charge in [-0.3, -0.25) is 4.79 Å². The average Bonchev–Trinajstić information content (AvgIpc) is 3.30. The molecular formula is C15H21NO4. The lowest BCUT2D eigenvalue weighted by Gasteiger charge is -2.11. The Labute approximate surface area is 118 Å². The van der Waals surface area contributed by atoms with E-state index in [2.05, 4.69) is 5.32 Å². The number of methoxy groups -OCH3 is 1. The van der Waals surface area contributed by atoms with E-state index in [9.17, 15) is 9.90 Å². The molecule has 0 saturated heterocycles. The lowest BCUT2D eigenvalue weighted by atomic mass is 10.2. The number of aliphatic hydroxyl groups is 1. The second-order valence-electron chi connectivity index (χ2n) is 5.01. The van der Waals surface area contributed by atoms with Crippen molar-refractivity contribution in [2.75, 3.05) is 20.3 Å². The number of ether oxygens (including phenoxy) is 2. The highest BCUT2D eigenvalue weighted by molar-refractivity contribution is 5.77. The van der Waals surface area contributed by atoms with Gasteiger partial charge in [0.25, 0.3) is 5.91 Å². The molecular weight excluding hydrogens is 258 g/mol. The maximum Gasteiger partial charge on any atom is 0.257 e. The Hall–Kier alpha value is -1.75. The van der Waals surface area contributed by atoms with Gasteiger partial charge in [0.2, 0.25) is 0 Å². The van der Waals surface area contributed by atoms with Gasteiger partial charge in [-0.1, -0.05) is 6.07 Å². The Morgan fingerprint density at radius 1 is 1.45 bits per heavy atom. The van der Waals surface area contributed by atoms with Gasteiger partial charge in [-0.2, -0.15) is 0 Å². The zero-order chi connectivity index (χ0) is 14.4. The number of aliphatic hydroxyl groups excluding tert-OH is 1. The van der Waals surface area contributed by atoms with Crippen LogP contribution in [0.25, 0.3) is 0 Å². The summed E-state index contributed by atoms with van der Waals surface area (Å²) >= 11 is 0. The van der Waals surface area contributed by atoms with Crippen LogP contribution in [0.1, 0.15) is 19.3 Å². The highest BCUT2D eigenvalue weighted by Crippen LogP contribution is 2.33. The van der Waals surface area contributed by atoms with E-state index in [0.29, 0.717) is 30.4 Å². The third-order valence-electron chi connectivity index (χ3n) is 3.34.